The Labute approximate surface area is 96.6 Å². The lowest BCUT2D eigenvalue weighted by Crippen LogP contribution is -1.93. The van der Waals surface area contributed by atoms with Gasteiger partial charge in [-0.15, -0.1) is 0 Å². The van der Waals surface area contributed by atoms with Crippen LogP contribution in [0.2, 0.25) is 0 Å². The van der Waals surface area contributed by atoms with Crippen molar-refractivity contribution in [3.05, 3.63) is 42.0 Å². The highest BCUT2D eigenvalue weighted by atomic mass is 16.4. The van der Waals surface area contributed by atoms with Gasteiger partial charge >= 0.3 is 5.97 Å². The van der Waals surface area contributed by atoms with Crippen LogP contribution in [-0.2, 0) is 4.79 Å². The highest BCUT2D eigenvalue weighted by Gasteiger charge is 1.94. The molecule has 0 aliphatic carbocycles. The molecule has 0 aromatic heterocycles. The SMILES string of the molecule is O=C(O)CCCCCC=Cc1ccccc1. The molecule has 1 rings (SSSR count). The molecule has 0 fully saturated rings. The summed E-state index contributed by atoms with van der Waals surface area (Å²) in [6, 6.07) is 10.2. The Balaban J connectivity index is 2.07. The van der Waals surface area contributed by atoms with E-state index in [0.717, 1.165) is 25.7 Å². The van der Waals surface area contributed by atoms with E-state index in [4.69, 9.17) is 5.11 Å². The van der Waals surface area contributed by atoms with Crippen LogP contribution in [0, 0.1) is 0 Å². The summed E-state index contributed by atoms with van der Waals surface area (Å²) in [6.07, 6.45) is 8.42. The van der Waals surface area contributed by atoms with Gasteiger partial charge in [-0.3, -0.25) is 4.79 Å². The Kier molecular flexibility index (Phi) is 6.00. The van der Waals surface area contributed by atoms with Crippen LogP contribution in [-0.4, -0.2) is 11.1 Å². The standard InChI is InChI=1S/C14H18O2/c15-14(16)12-8-3-1-2-5-9-13-10-6-4-7-11-13/h4-7,9-11H,1-3,8,12H2,(H,15,16). The van der Waals surface area contributed by atoms with E-state index in [-0.39, 0.29) is 0 Å². The highest BCUT2D eigenvalue weighted by Crippen LogP contribution is 2.06. The largest absolute Gasteiger partial charge is 0.481 e. The van der Waals surface area contributed by atoms with E-state index < -0.39 is 5.97 Å². The molecule has 1 N–H and O–H groups in total. The van der Waals surface area contributed by atoms with Gasteiger partial charge in [-0.05, 0) is 24.8 Å². The first-order valence-corrected chi connectivity index (χ1v) is 5.72. The number of unbranched alkanes of at least 4 members (excludes halogenated alkanes) is 3. The predicted octanol–water partition coefficient (Wildman–Crippen LogP) is 3.73. The van der Waals surface area contributed by atoms with Crippen molar-refractivity contribution >= 4 is 12.0 Å². The minimum atomic E-state index is -0.695. The normalized spacial score (nSPS) is 10.8. The molecule has 1 aromatic carbocycles. The number of hydrogen-bond donors (Lipinski definition) is 1. The Morgan fingerprint density at radius 1 is 1.12 bits per heavy atom. The summed E-state index contributed by atoms with van der Waals surface area (Å²) in [6.45, 7) is 0. The van der Waals surface area contributed by atoms with Gasteiger partial charge in [-0.2, -0.15) is 0 Å². The molecule has 0 atom stereocenters. The number of rotatable bonds is 7. The van der Waals surface area contributed by atoms with Crippen molar-refractivity contribution < 1.29 is 9.90 Å². The summed E-state index contributed by atoms with van der Waals surface area (Å²) in [5.74, 6) is -0.695. The van der Waals surface area contributed by atoms with Gasteiger partial charge in [0.15, 0.2) is 0 Å². The molecule has 0 amide bonds. The van der Waals surface area contributed by atoms with Crippen molar-refractivity contribution in [3.63, 3.8) is 0 Å². The maximum absolute atomic E-state index is 10.3. The topological polar surface area (TPSA) is 37.3 Å². The summed E-state index contributed by atoms with van der Waals surface area (Å²) in [5, 5.41) is 8.45. The van der Waals surface area contributed by atoms with E-state index in [1.807, 2.05) is 18.2 Å². The third kappa shape index (κ3) is 6.02. The molecule has 0 saturated heterocycles. The zero-order valence-electron chi connectivity index (χ0n) is 9.43. The number of allylic oxidation sites excluding steroid dienone is 1. The molecule has 86 valence electrons. The van der Waals surface area contributed by atoms with Crippen LogP contribution in [0.1, 0.15) is 37.7 Å². The minimum Gasteiger partial charge on any atom is -0.481 e. The Hall–Kier alpha value is -1.57. The smallest absolute Gasteiger partial charge is 0.303 e. The third-order valence-corrected chi connectivity index (χ3v) is 2.37. The van der Waals surface area contributed by atoms with Gasteiger partial charge in [-0.25, -0.2) is 0 Å². The molecule has 0 bridgehead atoms. The van der Waals surface area contributed by atoms with E-state index in [1.165, 1.54) is 5.56 Å². The zero-order valence-corrected chi connectivity index (χ0v) is 9.43. The predicted molar refractivity (Wildman–Crippen MR) is 66.2 cm³/mol. The molecule has 0 radical (unpaired) electrons. The molecule has 2 nitrogen and oxygen atoms in total. The second-order valence-corrected chi connectivity index (χ2v) is 3.81. The molecule has 0 aliphatic rings. The molecule has 2 heteroatoms. The first-order valence-electron chi connectivity index (χ1n) is 5.72. The van der Waals surface area contributed by atoms with E-state index in [0.29, 0.717) is 6.42 Å². The van der Waals surface area contributed by atoms with Crippen LogP contribution in [0.4, 0.5) is 0 Å². The fraction of sp³-hybridized carbons (Fsp3) is 0.357. The van der Waals surface area contributed by atoms with E-state index in [2.05, 4.69) is 24.3 Å². The Bertz CT molecular complexity index is 328. The van der Waals surface area contributed by atoms with Gasteiger partial charge in [0.2, 0.25) is 0 Å². The molecular weight excluding hydrogens is 200 g/mol. The molecular formula is C14H18O2. The van der Waals surface area contributed by atoms with Gasteiger partial charge in [-0.1, -0.05) is 48.9 Å². The van der Waals surface area contributed by atoms with E-state index >= 15 is 0 Å². The number of carbonyl (C=O) groups is 1. The lowest BCUT2D eigenvalue weighted by molar-refractivity contribution is -0.137. The van der Waals surface area contributed by atoms with Crippen molar-refractivity contribution in [2.45, 2.75) is 32.1 Å². The zero-order chi connectivity index (χ0) is 11.6. The molecule has 0 spiro atoms. The lowest BCUT2D eigenvalue weighted by atomic mass is 10.1. The third-order valence-electron chi connectivity index (χ3n) is 2.37. The van der Waals surface area contributed by atoms with Crippen LogP contribution in [0.3, 0.4) is 0 Å². The van der Waals surface area contributed by atoms with Crippen LogP contribution < -0.4 is 0 Å². The summed E-state index contributed by atoms with van der Waals surface area (Å²) < 4.78 is 0. The number of benzene rings is 1. The maximum Gasteiger partial charge on any atom is 0.303 e. The number of aliphatic carboxylic acids is 1. The minimum absolute atomic E-state index is 0.294. The van der Waals surface area contributed by atoms with Gasteiger partial charge in [0.05, 0.1) is 0 Å². The Morgan fingerprint density at radius 3 is 2.56 bits per heavy atom. The summed E-state index contributed by atoms with van der Waals surface area (Å²) in [5.41, 5.74) is 1.22. The monoisotopic (exact) mass is 218 g/mol. The van der Waals surface area contributed by atoms with Gasteiger partial charge in [0.25, 0.3) is 0 Å². The maximum atomic E-state index is 10.3. The first-order chi connectivity index (χ1) is 7.79. The van der Waals surface area contributed by atoms with Crippen LogP contribution >= 0.6 is 0 Å². The molecule has 0 heterocycles. The van der Waals surface area contributed by atoms with Crippen molar-refractivity contribution in [1.82, 2.24) is 0 Å². The first kappa shape index (κ1) is 12.5. The quantitative estimate of drug-likeness (QED) is 0.708. The van der Waals surface area contributed by atoms with Crippen LogP contribution in [0.25, 0.3) is 6.08 Å². The van der Waals surface area contributed by atoms with Gasteiger partial charge < -0.3 is 5.11 Å². The van der Waals surface area contributed by atoms with Crippen molar-refractivity contribution in [3.8, 4) is 0 Å². The number of carboxylic acid groups (broad SMARTS) is 1. The van der Waals surface area contributed by atoms with Crippen molar-refractivity contribution in [2.75, 3.05) is 0 Å². The summed E-state index contributed by atoms with van der Waals surface area (Å²) in [4.78, 5) is 10.3. The van der Waals surface area contributed by atoms with Crippen molar-refractivity contribution in [1.29, 1.82) is 0 Å². The van der Waals surface area contributed by atoms with Crippen LogP contribution in [0.15, 0.2) is 36.4 Å². The van der Waals surface area contributed by atoms with Crippen LogP contribution in [0.5, 0.6) is 0 Å². The molecule has 0 saturated carbocycles. The fourth-order valence-electron chi connectivity index (χ4n) is 1.50. The van der Waals surface area contributed by atoms with Gasteiger partial charge in [0.1, 0.15) is 0 Å². The second kappa shape index (κ2) is 7.69. The number of hydrogen-bond acceptors (Lipinski definition) is 1. The summed E-state index contributed by atoms with van der Waals surface area (Å²) in [7, 11) is 0. The van der Waals surface area contributed by atoms with E-state index in [1.54, 1.807) is 0 Å². The lowest BCUT2D eigenvalue weighted by Gasteiger charge is -1.95. The molecule has 16 heavy (non-hydrogen) atoms. The average molecular weight is 218 g/mol. The summed E-state index contributed by atoms with van der Waals surface area (Å²) >= 11 is 0. The molecule has 0 aliphatic heterocycles. The second-order valence-electron chi connectivity index (χ2n) is 3.81. The number of carboxylic acids is 1. The molecule has 1 aromatic rings. The van der Waals surface area contributed by atoms with Crippen molar-refractivity contribution in [2.24, 2.45) is 0 Å². The fourth-order valence-corrected chi connectivity index (χ4v) is 1.50. The van der Waals surface area contributed by atoms with Gasteiger partial charge in [0, 0.05) is 6.42 Å². The average Bonchev–Trinajstić information content (AvgIpc) is 2.29. The van der Waals surface area contributed by atoms with E-state index in [9.17, 15) is 4.79 Å². The molecule has 0 unspecified atom stereocenters. The highest BCUT2D eigenvalue weighted by molar-refractivity contribution is 5.66. The Morgan fingerprint density at radius 2 is 1.88 bits per heavy atom.